The number of anilines is 1. The van der Waals surface area contributed by atoms with Gasteiger partial charge in [0.15, 0.2) is 6.10 Å². The number of nitrogens with one attached hydrogen (secondary N) is 1. The molecule has 2 rings (SSSR count). The number of carbonyl (C=O) groups excluding carboxylic acids is 1. The monoisotopic (exact) mass is 343 g/mol. The molecule has 0 saturated carbocycles. The zero-order chi connectivity index (χ0) is 17.0. The molecule has 122 valence electrons. The Morgan fingerprint density at radius 1 is 1.17 bits per heavy atom. The standard InChI is InChI=1S/C16H13ClF3NO2/c1-10(23-12-6-4-5-11(17)9-12)15(22)21-14-8-3-2-7-13(14)16(18,19)20/h2-10H,1H3,(H,21,22)/t10-/m1/s1. The largest absolute Gasteiger partial charge is 0.481 e. The summed E-state index contributed by atoms with van der Waals surface area (Å²) in [5.41, 5.74) is -1.23. The van der Waals surface area contributed by atoms with Crippen molar-refractivity contribution >= 4 is 23.2 Å². The number of carbonyl (C=O) groups is 1. The molecule has 0 radical (unpaired) electrons. The predicted molar refractivity (Wildman–Crippen MR) is 81.6 cm³/mol. The van der Waals surface area contributed by atoms with Crippen molar-refractivity contribution in [3.63, 3.8) is 0 Å². The predicted octanol–water partition coefficient (Wildman–Crippen LogP) is 4.76. The van der Waals surface area contributed by atoms with Crippen molar-refractivity contribution in [3.8, 4) is 5.75 Å². The smallest absolute Gasteiger partial charge is 0.418 e. The van der Waals surface area contributed by atoms with Crippen molar-refractivity contribution in [2.24, 2.45) is 0 Å². The maximum Gasteiger partial charge on any atom is 0.418 e. The van der Waals surface area contributed by atoms with E-state index in [1.807, 2.05) is 0 Å². The molecule has 2 aromatic rings. The Bertz CT molecular complexity index is 704. The van der Waals surface area contributed by atoms with Crippen molar-refractivity contribution in [1.29, 1.82) is 0 Å². The lowest BCUT2D eigenvalue weighted by Crippen LogP contribution is -2.31. The zero-order valence-electron chi connectivity index (χ0n) is 12.0. The molecule has 0 saturated heterocycles. The second kappa shape index (κ2) is 6.91. The first-order chi connectivity index (χ1) is 10.8. The topological polar surface area (TPSA) is 38.3 Å². The van der Waals surface area contributed by atoms with Crippen LogP contribution in [0.4, 0.5) is 18.9 Å². The Kier molecular flexibility index (Phi) is 5.15. The fourth-order valence-electron chi connectivity index (χ4n) is 1.87. The average molecular weight is 344 g/mol. The summed E-state index contributed by atoms with van der Waals surface area (Å²) in [5, 5.41) is 2.66. The summed E-state index contributed by atoms with van der Waals surface area (Å²) < 4.78 is 44.1. The number of benzene rings is 2. The quantitative estimate of drug-likeness (QED) is 0.868. The number of ether oxygens (including phenoxy) is 1. The van der Waals surface area contributed by atoms with Crippen LogP contribution < -0.4 is 10.1 Å². The molecule has 0 bridgehead atoms. The third-order valence-corrected chi connectivity index (χ3v) is 3.20. The van der Waals surface area contributed by atoms with Crippen LogP contribution in [0.3, 0.4) is 0 Å². The van der Waals surface area contributed by atoms with Crippen molar-refractivity contribution in [2.45, 2.75) is 19.2 Å². The molecule has 2 aromatic carbocycles. The number of alkyl halides is 3. The van der Waals surface area contributed by atoms with Crippen LogP contribution in [0.15, 0.2) is 48.5 Å². The van der Waals surface area contributed by atoms with Gasteiger partial charge in [-0.15, -0.1) is 0 Å². The molecule has 0 fully saturated rings. The average Bonchev–Trinajstić information content (AvgIpc) is 2.46. The van der Waals surface area contributed by atoms with Gasteiger partial charge in [-0.2, -0.15) is 13.2 Å². The maximum absolute atomic E-state index is 12.9. The van der Waals surface area contributed by atoms with Gasteiger partial charge in [0.05, 0.1) is 11.3 Å². The van der Waals surface area contributed by atoms with E-state index in [9.17, 15) is 18.0 Å². The van der Waals surface area contributed by atoms with Gasteiger partial charge in [0.1, 0.15) is 5.75 Å². The van der Waals surface area contributed by atoms with Crippen LogP contribution in [0.25, 0.3) is 0 Å². The first-order valence-corrected chi connectivity index (χ1v) is 7.04. The van der Waals surface area contributed by atoms with E-state index >= 15 is 0 Å². The van der Waals surface area contributed by atoms with E-state index in [2.05, 4.69) is 5.32 Å². The van der Waals surface area contributed by atoms with Gasteiger partial charge in [-0.05, 0) is 37.3 Å². The maximum atomic E-state index is 12.9. The van der Waals surface area contributed by atoms with Crippen LogP contribution in [0.5, 0.6) is 5.75 Å². The number of halogens is 4. The van der Waals surface area contributed by atoms with Crippen LogP contribution in [-0.4, -0.2) is 12.0 Å². The number of hydrogen-bond acceptors (Lipinski definition) is 2. The Hall–Kier alpha value is -2.21. The number of amides is 1. The van der Waals surface area contributed by atoms with Gasteiger partial charge in [0, 0.05) is 5.02 Å². The van der Waals surface area contributed by atoms with Gasteiger partial charge in [-0.3, -0.25) is 4.79 Å². The second-order valence-corrected chi connectivity index (χ2v) is 5.19. The van der Waals surface area contributed by atoms with E-state index in [4.69, 9.17) is 16.3 Å². The van der Waals surface area contributed by atoms with Crippen molar-refractivity contribution in [3.05, 3.63) is 59.1 Å². The van der Waals surface area contributed by atoms with E-state index in [0.717, 1.165) is 6.07 Å². The van der Waals surface area contributed by atoms with Gasteiger partial charge in [-0.1, -0.05) is 29.8 Å². The number of hydrogen-bond donors (Lipinski definition) is 1. The second-order valence-electron chi connectivity index (χ2n) is 4.75. The number of para-hydroxylation sites is 1. The van der Waals surface area contributed by atoms with Gasteiger partial charge in [0.2, 0.25) is 0 Å². The summed E-state index contributed by atoms with van der Waals surface area (Å²) in [4.78, 5) is 12.0. The molecule has 23 heavy (non-hydrogen) atoms. The van der Waals surface area contributed by atoms with Gasteiger partial charge in [-0.25, -0.2) is 0 Å². The molecule has 1 amide bonds. The summed E-state index contributed by atoms with van der Waals surface area (Å²) >= 11 is 5.80. The van der Waals surface area contributed by atoms with Crippen molar-refractivity contribution in [1.82, 2.24) is 0 Å². The first-order valence-electron chi connectivity index (χ1n) is 6.66. The molecule has 0 aliphatic carbocycles. The molecular formula is C16H13ClF3NO2. The normalized spacial score (nSPS) is 12.6. The zero-order valence-corrected chi connectivity index (χ0v) is 12.8. The molecule has 0 unspecified atom stereocenters. The highest BCUT2D eigenvalue weighted by atomic mass is 35.5. The minimum atomic E-state index is -4.55. The SMILES string of the molecule is C[C@@H](Oc1cccc(Cl)c1)C(=O)Nc1ccccc1C(F)(F)F. The van der Waals surface area contributed by atoms with Crippen molar-refractivity contribution in [2.75, 3.05) is 5.32 Å². The molecule has 0 aromatic heterocycles. The van der Waals surface area contributed by atoms with Gasteiger partial charge < -0.3 is 10.1 Å². The minimum Gasteiger partial charge on any atom is -0.481 e. The van der Waals surface area contributed by atoms with Gasteiger partial charge >= 0.3 is 6.18 Å². The lowest BCUT2D eigenvalue weighted by atomic mass is 10.1. The summed E-state index contributed by atoms with van der Waals surface area (Å²) in [6.07, 6.45) is -5.55. The molecule has 0 aliphatic rings. The fourth-order valence-corrected chi connectivity index (χ4v) is 2.05. The van der Waals surface area contributed by atoms with E-state index in [1.165, 1.54) is 31.2 Å². The minimum absolute atomic E-state index is 0.313. The fraction of sp³-hybridized carbons (Fsp3) is 0.188. The first kappa shape index (κ1) is 17.1. The Balaban J connectivity index is 2.10. The molecule has 1 N–H and O–H groups in total. The highest BCUT2D eigenvalue weighted by molar-refractivity contribution is 6.30. The molecule has 0 spiro atoms. The molecular weight excluding hydrogens is 331 g/mol. The van der Waals surface area contributed by atoms with Crippen LogP contribution >= 0.6 is 11.6 Å². The lowest BCUT2D eigenvalue weighted by Gasteiger charge is -2.17. The van der Waals surface area contributed by atoms with Crippen molar-refractivity contribution < 1.29 is 22.7 Å². The summed E-state index contributed by atoms with van der Waals surface area (Å²) in [6, 6.07) is 11.1. The molecule has 3 nitrogen and oxygen atoms in total. The van der Waals surface area contributed by atoms with Gasteiger partial charge in [0.25, 0.3) is 5.91 Å². The lowest BCUT2D eigenvalue weighted by molar-refractivity contribution is -0.137. The Labute approximate surface area is 136 Å². The Morgan fingerprint density at radius 3 is 2.52 bits per heavy atom. The molecule has 1 atom stereocenters. The molecule has 0 heterocycles. The van der Waals surface area contributed by atoms with Crippen LogP contribution in [0.1, 0.15) is 12.5 Å². The Morgan fingerprint density at radius 2 is 1.87 bits per heavy atom. The summed E-state index contributed by atoms with van der Waals surface area (Å²) in [5.74, 6) is -0.342. The third-order valence-electron chi connectivity index (χ3n) is 2.97. The van der Waals surface area contributed by atoms with E-state index < -0.39 is 23.8 Å². The van der Waals surface area contributed by atoms with Crippen LogP contribution in [0, 0.1) is 0 Å². The van der Waals surface area contributed by atoms with Crippen LogP contribution in [-0.2, 0) is 11.0 Å². The van der Waals surface area contributed by atoms with E-state index in [-0.39, 0.29) is 5.69 Å². The number of rotatable bonds is 4. The van der Waals surface area contributed by atoms with Crippen LogP contribution in [0.2, 0.25) is 5.02 Å². The van der Waals surface area contributed by atoms with E-state index in [1.54, 1.807) is 18.2 Å². The summed E-state index contributed by atoms with van der Waals surface area (Å²) in [6.45, 7) is 1.44. The molecule has 0 aliphatic heterocycles. The highest BCUT2D eigenvalue weighted by Gasteiger charge is 2.34. The highest BCUT2D eigenvalue weighted by Crippen LogP contribution is 2.34. The molecule has 7 heteroatoms. The van der Waals surface area contributed by atoms with E-state index in [0.29, 0.717) is 10.8 Å². The summed E-state index contributed by atoms with van der Waals surface area (Å²) in [7, 11) is 0. The third kappa shape index (κ3) is 4.63.